The zero-order chi connectivity index (χ0) is 16.6. The Hall–Kier alpha value is -1.36. The number of fused-ring (bicyclic) bond motifs is 2. The first-order valence-corrected chi connectivity index (χ1v) is 8.61. The minimum atomic E-state index is -0.449. The molecule has 0 unspecified atom stereocenters. The van der Waals surface area contributed by atoms with Crippen molar-refractivity contribution in [3.05, 3.63) is 64.2 Å². The van der Waals surface area contributed by atoms with Crippen molar-refractivity contribution in [2.75, 3.05) is 20.6 Å². The zero-order valence-electron chi connectivity index (χ0n) is 12.9. The van der Waals surface area contributed by atoms with Gasteiger partial charge in [-0.05, 0) is 41.0 Å². The Kier molecular flexibility index (Phi) is 4.76. The molecule has 0 fully saturated rings. The van der Waals surface area contributed by atoms with E-state index in [1.54, 1.807) is 12.1 Å². The van der Waals surface area contributed by atoms with E-state index in [2.05, 4.69) is 20.2 Å². The summed E-state index contributed by atoms with van der Waals surface area (Å²) in [5, 5.41) is 0.110. The molecule has 2 aromatic carbocycles. The predicted molar refractivity (Wildman–Crippen MR) is 91.3 cm³/mol. The van der Waals surface area contributed by atoms with Gasteiger partial charge in [-0.1, -0.05) is 35.5 Å². The van der Waals surface area contributed by atoms with Crippen LogP contribution in [0.3, 0.4) is 0 Å². The van der Waals surface area contributed by atoms with Gasteiger partial charge in [0.25, 0.3) is 0 Å². The topological polar surface area (TPSA) is 4.44 Å². The fourth-order valence-corrected chi connectivity index (χ4v) is 3.92. The molecule has 1 aliphatic heterocycles. The van der Waals surface area contributed by atoms with Crippen LogP contribution in [0.5, 0.6) is 0 Å². The van der Waals surface area contributed by atoms with E-state index in [0.717, 1.165) is 39.5 Å². The van der Waals surface area contributed by atoms with Crippen LogP contribution in [-0.2, 0) is 0 Å². The Morgan fingerprint density at radius 3 is 2.57 bits per heavy atom. The molecular formula is C18H17ClF2NS+. The van der Waals surface area contributed by atoms with Gasteiger partial charge in [0.05, 0.1) is 25.7 Å². The van der Waals surface area contributed by atoms with E-state index in [0.29, 0.717) is 0 Å². The summed E-state index contributed by atoms with van der Waals surface area (Å²) in [4.78, 5) is 2.93. The summed E-state index contributed by atoms with van der Waals surface area (Å²) in [7, 11) is 4.19. The van der Waals surface area contributed by atoms with E-state index in [1.807, 2.05) is 0 Å². The largest absolute Gasteiger partial charge is 0.340 e. The SMILES string of the molecule is C[NH+](C)CCC=C1c2ccc(F)cc2Sc2cc(F)c(Cl)cc21. The van der Waals surface area contributed by atoms with Gasteiger partial charge in [0.2, 0.25) is 0 Å². The highest BCUT2D eigenvalue weighted by molar-refractivity contribution is 7.99. The highest BCUT2D eigenvalue weighted by Gasteiger charge is 2.23. The Morgan fingerprint density at radius 2 is 1.83 bits per heavy atom. The molecule has 0 aliphatic carbocycles. The molecule has 23 heavy (non-hydrogen) atoms. The molecular weight excluding hydrogens is 336 g/mol. The predicted octanol–water partition coefficient (Wildman–Crippen LogP) is 4.05. The summed E-state index contributed by atoms with van der Waals surface area (Å²) >= 11 is 7.35. The normalized spacial score (nSPS) is 15.0. The van der Waals surface area contributed by atoms with Crippen molar-refractivity contribution in [2.24, 2.45) is 0 Å². The van der Waals surface area contributed by atoms with Gasteiger partial charge >= 0.3 is 0 Å². The van der Waals surface area contributed by atoms with Crippen LogP contribution in [0.15, 0.2) is 46.2 Å². The highest BCUT2D eigenvalue weighted by atomic mass is 35.5. The van der Waals surface area contributed by atoms with Crippen LogP contribution in [-0.4, -0.2) is 20.6 Å². The Labute approximate surface area is 143 Å². The maximum atomic E-state index is 13.8. The molecule has 0 spiro atoms. The molecule has 0 atom stereocenters. The molecule has 0 aromatic heterocycles. The first-order chi connectivity index (χ1) is 11.0. The molecule has 0 bridgehead atoms. The molecule has 1 aliphatic rings. The maximum absolute atomic E-state index is 13.8. The van der Waals surface area contributed by atoms with E-state index < -0.39 is 5.82 Å². The standard InChI is InChI=1S/C18H16ClF2NS/c1-22(2)7-3-4-12-13-6-5-11(20)8-17(13)23-18-10-16(21)15(19)9-14(12)18/h4-6,8-10H,3,7H2,1-2H3/p+1. The fourth-order valence-electron chi connectivity index (χ4n) is 2.62. The number of hydrogen-bond acceptors (Lipinski definition) is 1. The molecule has 2 aromatic rings. The number of quaternary nitrogens is 1. The lowest BCUT2D eigenvalue weighted by Crippen LogP contribution is -3.05. The van der Waals surface area contributed by atoms with E-state index in [1.165, 1.54) is 34.9 Å². The Balaban J connectivity index is 2.11. The molecule has 1 heterocycles. The number of hydrogen-bond donors (Lipinski definition) is 1. The van der Waals surface area contributed by atoms with Crippen molar-refractivity contribution in [3.63, 3.8) is 0 Å². The second kappa shape index (κ2) is 6.63. The number of halogens is 3. The van der Waals surface area contributed by atoms with Crippen LogP contribution < -0.4 is 4.90 Å². The summed E-state index contributed by atoms with van der Waals surface area (Å²) in [6.45, 7) is 0.984. The van der Waals surface area contributed by atoms with Crippen LogP contribution in [0.1, 0.15) is 17.5 Å². The number of rotatable bonds is 3. The quantitative estimate of drug-likeness (QED) is 0.745. The van der Waals surface area contributed by atoms with E-state index >= 15 is 0 Å². The average Bonchev–Trinajstić information content (AvgIpc) is 2.48. The van der Waals surface area contributed by atoms with E-state index in [4.69, 9.17) is 11.6 Å². The van der Waals surface area contributed by atoms with Crippen LogP contribution in [0.2, 0.25) is 5.02 Å². The van der Waals surface area contributed by atoms with Gasteiger partial charge < -0.3 is 4.90 Å². The first-order valence-electron chi connectivity index (χ1n) is 7.42. The lowest BCUT2D eigenvalue weighted by Gasteiger charge is -2.23. The summed E-state index contributed by atoms with van der Waals surface area (Å²) in [5.41, 5.74) is 2.88. The van der Waals surface area contributed by atoms with Crippen LogP contribution in [0.4, 0.5) is 8.78 Å². The minimum absolute atomic E-state index is 0.110. The van der Waals surface area contributed by atoms with Gasteiger partial charge in [0.1, 0.15) is 11.6 Å². The second-order valence-electron chi connectivity index (χ2n) is 5.87. The molecule has 0 saturated heterocycles. The highest BCUT2D eigenvalue weighted by Crippen LogP contribution is 2.46. The molecule has 5 heteroatoms. The average molecular weight is 353 g/mol. The van der Waals surface area contributed by atoms with Crippen LogP contribution in [0, 0.1) is 11.6 Å². The van der Waals surface area contributed by atoms with Crippen molar-refractivity contribution < 1.29 is 13.7 Å². The summed E-state index contributed by atoms with van der Waals surface area (Å²) in [6, 6.07) is 7.84. The number of benzene rings is 2. The summed E-state index contributed by atoms with van der Waals surface area (Å²) in [5.74, 6) is -0.735. The molecule has 120 valence electrons. The van der Waals surface area contributed by atoms with Gasteiger partial charge in [-0.15, -0.1) is 0 Å². The van der Waals surface area contributed by atoms with Gasteiger partial charge in [-0.2, -0.15) is 0 Å². The van der Waals surface area contributed by atoms with Gasteiger partial charge in [-0.25, -0.2) is 8.78 Å². The van der Waals surface area contributed by atoms with Crippen molar-refractivity contribution >= 4 is 28.9 Å². The third-order valence-electron chi connectivity index (χ3n) is 3.76. The fraction of sp³-hybridized carbons (Fsp3) is 0.222. The van der Waals surface area contributed by atoms with E-state index in [-0.39, 0.29) is 10.8 Å². The van der Waals surface area contributed by atoms with Crippen molar-refractivity contribution in [1.29, 1.82) is 0 Å². The number of nitrogens with one attached hydrogen (secondary N) is 1. The molecule has 1 nitrogen and oxygen atoms in total. The maximum Gasteiger partial charge on any atom is 0.142 e. The second-order valence-corrected chi connectivity index (χ2v) is 7.36. The van der Waals surface area contributed by atoms with Gasteiger partial charge in [0.15, 0.2) is 0 Å². The van der Waals surface area contributed by atoms with Crippen molar-refractivity contribution in [1.82, 2.24) is 0 Å². The smallest absolute Gasteiger partial charge is 0.142 e. The van der Waals surface area contributed by atoms with Crippen LogP contribution >= 0.6 is 23.4 Å². The molecule has 1 N–H and O–H groups in total. The zero-order valence-corrected chi connectivity index (χ0v) is 14.5. The lowest BCUT2D eigenvalue weighted by atomic mass is 9.96. The third-order valence-corrected chi connectivity index (χ3v) is 5.16. The third kappa shape index (κ3) is 3.44. The summed E-state index contributed by atoms with van der Waals surface area (Å²) in [6.07, 6.45) is 3.02. The monoisotopic (exact) mass is 352 g/mol. The van der Waals surface area contributed by atoms with Crippen molar-refractivity contribution in [3.8, 4) is 0 Å². The minimum Gasteiger partial charge on any atom is -0.340 e. The summed E-state index contributed by atoms with van der Waals surface area (Å²) < 4.78 is 27.4. The molecule has 0 amide bonds. The first kappa shape index (κ1) is 16.5. The molecule has 0 radical (unpaired) electrons. The van der Waals surface area contributed by atoms with Crippen molar-refractivity contribution in [2.45, 2.75) is 16.2 Å². The lowest BCUT2D eigenvalue weighted by molar-refractivity contribution is -0.857. The molecule has 0 saturated carbocycles. The molecule has 3 rings (SSSR count). The Bertz CT molecular complexity index is 787. The van der Waals surface area contributed by atoms with Gasteiger partial charge in [0, 0.05) is 16.2 Å². The van der Waals surface area contributed by atoms with E-state index in [9.17, 15) is 8.78 Å². The van der Waals surface area contributed by atoms with Gasteiger partial charge in [-0.3, -0.25) is 0 Å². The van der Waals surface area contributed by atoms with Crippen LogP contribution in [0.25, 0.3) is 5.57 Å². The Morgan fingerprint density at radius 1 is 1.09 bits per heavy atom.